The molecule has 0 spiro atoms. The molecule has 0 aliphatic heterocycles. The molecule has 0 fully saturated rings. The zero-order valence-electron chi connectivity index (χ0n) is 13.6. The van der Waals surface area contributed by atoms with E-state index in [-0.39, 0.29) is 23.6 Å². The number of halogens is 2. The second kappa shape index (κ2) is 9.05. The van der Waals surface area contributed by atoms with Crippen LogP contribution in [0.3, 0.4) is 0 Å². The Bertz CT molecular complexity index is 691. The monoisotopic (exact) mass is 417 g/mol. The first-order valence-electron chi connectivity index (χ1n) is 7.13. The lowest BCUT2D eigenvalue weighted by molar-refractivity contribution is -0.147. The summed E-state index contributed by atoms with van der Waals surface area (Å²) < 4.78 is 19.5. The Kier molecular flexibility index (Phi) is 7.72. The van der Waals surface area contributed by atoms with Crippen molar-refractivity contribution in [1.29, 1.82) is 0 Å². The molecule has 0 bridgehead atoms. The molecule has 130 valence electrons. The van der Waals surface area contributed by atoms with Crippen LogP contribution in [0.1, 0.15) is 38.1 Å². The summed E-state index contributed by atoms with van der Waals surface area (Å²) in [6.45, 7) is 7.24. The maximum atomic E-state index is 13.9. The Hall–Kier alpha value is -1.57. The summed E-state index contributed by atoms with van der Waals surface area (Å²) in [4.78, 5) is 26.7. The van der Waals surface area contributed by atoms with E-state index >= 15 is 0 Å². The molecule has 1 atom stereocenters. The molecule has 0 aliphatic rings. The van der Waals surface area contributed by atoms with Gasteiger partial charge in [0.25, 0.3) is 5.91 Å². The van der Waals surface area contributed by atoms with Crippen LogP contribution in [0.25, 0.3) is 10.4 Å². The highest BCUT2D eigenvalue weighted by molar-refractivity contribution is 9.10. The minimum absolute atomic E-state index is 0.0468. The van der Waals surface area contributed by atoms with Gasteiger partial charge in [-0.1, -0.05) is 13.8 Å². The van der Waals surface area contributed by atoms with E-state index in [1.807, 2.05) is 13.8 Å². The van der Waals surface area contributed by atoms with Crippen LogP contribution in [-0.4, -0.2) is 23.2 Å². The second-order valence-corrected chi connectivity index (χ2v) is 7.56. The predicted molar refractivity (Wildman–Crippen MR) is 93.3 cm³/mol. The van der Waals surface area contributed by atoms with Crippen LogP contribution < -0.4 is 0 Å². The summed E-state index contributed by atoms with van der Waals surface area (Å²) >= 11 is 4.38. The number of rotatable bonds is 6. The number of thioether (sulfide) groups is 1. The molecule has 24 heavy (non-hydrogen) atoms. The topological polar surface area (TPSA) is 92.1 Å². The number of carbonyl (C=O) groups is 2. The van der Waals surface area contributed by atoms with Crippen molar-refractivity contribution in [3.63, 3.8) is 0 Å². The van der Waals surface area contributed by atoms with Crippen molar-refractivity contribution in [3.05, 3.63) is 38.4 Å². The zero-order valence-corrected chi connectivity index (χ0v) is 16.0. The first-order valence-corrected chi connectivity index (χ1v) is 8.80. The number of benzene rings is 1. The van der Waals surface area contributed by atoms with Gasteiger partial charge in [0.2, 0.25) is 0 Å². The Labute approximate surface area is 151 Å². The fraction of sp³-hybridized carbons (Fsp3) is 0.467. The molecule has 9 heteroatoms. The molecule has 0 aliphatic carbocycles. The molecule has 1 aromatic carbocycles. The molecule has 1 amide bonds. The Morgan fingerprint density at radius 2 is 1.96 bits per heavy atom. The van der Waals surface area contributed by atoms with E-state index in [1.165, 1.54) is 6.07 Å². The third-order valence-corrected chi connectivity index (χ3v) is 5.33. The van der Waals surface area contributed by atoms with Gasteiger partial charge in [-0.25, -0.2) is 4.39 Å². The third-order valence-electron chi connectivity index (χ3n) is 2.83. The quantitative estimate of drug-likeness (QED) is 0.211. The molecular formula is C15H17BrFN3O3S. The summed E-state index contributed by atoms with van der Waals surface area (Å²) in [6, 6.07) is 2.37. The van der Waals surface area contributed by atoms with Crippen molar-refractivity contribution in [3.8, 4) is 0 Å². The molecule has 6 nitrogen and oxygen atoms in total. The van der Waals surface area contributed by atoms with Crippen LogP contribution in [0.2, 0.25) is 0 Å². The van der Waals surface area contributed by atoms with Gasteiger partial charge in [-0.2, -0.15) is 0 Å². The number of ether oxygens (including phenoxy) is 1. The van der Waals surface area contributed by atoms with Crippen molar-refractivity contribution in [2.75, 3.05) is 0 Å². The van der Waals surface area contributed by atoms with Crippen molar-refractivity contribution in [2.45, 2.75) is 43.9 Å². The van der Waals surface area contributed by atoms with Crippen LogP contribution in [0, 0.1) is 11.7 Å². The van der Waals surface area contributed by atoms with E-state index in [0.717, 1.165) is 17.8 Å². The van der Waals surface area contributed by atoms with Gasteiger partial charge < -0.3 is 4.74 Å². The highest BCUT2D eigenvalue weighted by atomic mass is 79.9. The predicted octanol–water partition coefficient (Wildman–Crippen LogP) is 5.11. The van der Waals surface area contributed by atoms with Crippen molar-refractivity contribution >= 4 is 39.6 Å². The van der Waals surface area contributed by atoms with E-state index in [1.54, 1.807) is 13.8 Å². The number of carbonyl (C=O) groups excluding carboxylic acids is 2. The third kappa shape index (κ3) is 5.51. The number of nitrogens with zero attached hydrogens (tertiary/aromatic N) is 3. The van der Waals surface area contributed by atoms with Gasteiger partial charge in [-0.3, -0.25) is 9.59 Å². The molecule has 0 heterocycles. The summed E-state index contributed by atoms with van der Waals surface area (Å²) in [5.41, 5.74) is 7.98. The lowest BCUT2D eigenvalue weighted by atomic mass is 10.1. The van der Waals surface area contributed by atoms with Gasteiger partial charge in [-0.05, 0) is 58.5 Å². The molecule has 1 unspecified atom stereocenters. The van der Waals surface area contributed by atoms with E-state index in [0.29, 0.717) is 9.37 Å². The highest BCUT2D eigenvalue weighted by Gasteiger charge is 2.27. The molecule has 0 saturated heterocycles. The molecule has 1 rings (SSSR count). The minimum atomic E-state index is -1.02. The summed E-state index contributed by atoms with van der Waals surface area (Å²) in [5.74, 6) is -2.26. The van der Waals surface area contributed by atoms with Crippen LogP contribution in [0.5, 0.6) is 0 Å². The van der Waals surface area contributed by atoms with E-state index in [4.69, 9.17) is 10.3 Å². The fourth-order valence-electron chi connectivity index (χ4n) is 1.77. The van der Waals surface area contributed by atoms with Crippen molar-refractivity contribution in [1.82, 2.24) is 0 Å². The van der Waals surface area contributed by atoms with Crippen LogP contribution in [0.15, 0.2) is 26.6 Å². The molecular weight excluding hydrogens is 401 g/mol. The summed E-state index contributed by atoms with van der Waals surface area (Å²) in [6.07, 6.45) is -0.252. The SMILES string of the molecule is CC(C)OC(=O)C(Sc1cc(C(=O)N=[N+]=[N-])c(F)cc1Br)C(C)C. The van der Waals surface area contributed by atoms with Gasteiger partial charge in [0.1, 0.15) is 11.1 Å². The number of hydrogen-bond acceptors (Lipinski definition) is 4. The lowest BCUT2D eigenvalue weighted by Crippen LogP contribution is -2.27. The molecule has 0 aromatic heterocycles. The molecule has 1 aromatic rings. The van der Waals surface area contributed by atoms with E-state index in [2.05, 4.69) is 26.0 Å². The maximum Gasteiger partial charge on any atom is 0.319 e. The highest BCUT2D eigenvalue weighted by Crippen LogP contribution is 2.36. The van der Waals surface area contributed by atoms with Crippen LogP contribution in [-0.2, 0) is 9.53 Å². The van der Waals surface area contributed by atoms with Gasteiger partial charge in [-0.15, -0.1) is 11.8 Å². The normalized spacial score (nSPS) is 12.0. The maximum absolute atomic E-state index is 13.9. The standard InChI is InChI=1S/C15H17BrFN3O3S/c1-7(2)13(15(22)23-8(3)4)24-12-5-9(14(21)19-20-18)11(17)6-10(12)16/h5-8,13H,1-4H3. The van der Waals surface area contributed by atoms with Crippen LogP contribution in [0.4, 0.5) is 4.39 Å². The van der Waals surface area contributed by atoms with Crippen molar-refractivity contribution in [2.24, 2.45) is 11.0 Å². The zero-order chi connectivity index (χ0) is 18.4. The molecule has 0 saturated carbocycles. The first kappa shape index (κ1) is 20.5. The first-order chi connectivity index (χ1) is 11.2. The Balaban J connectivity index is 3.19. The fourth-order valence-corrected chi connectivity index (χ4v) is 3.42. The molecule has 0 N–H and O–H groups in total. The van der Waals surface area contributed by atoms with Gasteiger partial charge in [0.05, 0.1) is 11.7 Å². The average molecular weight is 418 g/mol. The van der Waals surface area contributed by atoms with Crippen molar-refractivity contribution < 1.29 is 18.7 Å². The van der Waals surface area contributed by atoms with E-state index in [9.17, 15) is 14.0 Å². The Morgan fingerprint density at radius 1 is 1.33 bits per heavy atom. The second-order valence-electron chi connectivity index (χ2n) is 5.53. The summed E-state index contributed by atoms with van der Waals surface area (Å²) in [5, 5.41) is 2.37. The molecule has 0 radical (unpaired) electrons. The average Bonchev–Trinajstić information content (AvgIpc) is 2.45. The minimum Gasteiger partial charge on any atom is -0.462 e. The van der Waals surface area contributed by atoms with E-state index < -0.39 is 17.0 Å². The number of hydrogen-bond donors (Lipinski definition) is 0. The van der Waals surface area contributed by atoms with Gasteiger partial charge in [0.15, 0.2) is 0 Å². The Morgan fingerprint density at radius 3 is 2.46 bits per heavy atom. The number of azide groups is 1. The smallest absolute Gasteiger partial charge is 0.319 e. The lowest BCUT2D eigenvalue weighted by Gasteiger charge is -2.21. The number of esters is 1. The number of amides is 1. The largest absolute Gasteiger partial charge is 0.462 e. The summed E-state index contributed by atoms with van der Waals surface area (Å²) in [7, 11) is 0. The van der Waals surface area contributed by atoms with Gasteiger partial charge in [0, 0.05) is 14.3 Å². The van der Waals surface area contributed by atoms with Crippen LogP contribution >= 0.6 is 27.7 Å². The van der Waals surface area contributed by atoms with Gasteiger partial charge >= 0.3 is 5.97 Å².